The number of hydrogen-bond donors (Lipinski definition) is 0. The van der Waals surface area contributed by atoms with Crippen LogP contribution in [0.2, 0.25) is 5.02 Å². The number of sulfonamides is 1. The van der Waals surface area contributed by atoms with Crippen LogP contribution in [0.3, 0.4) is 0 Å². The normalized spacial score (nSPS) is 16.0. The van der Waals surface area contributed by atoms with Crippen molar-refractivity contribution in [1.29, 1.82) is 0 Å². The van der Waals surface area contributed by atoms with Gasteiger partial charge in [0.05, 0.1) is 6.26 Å². The van der Waals surface area contributed by atoms with Crippen LogP contribution in [0.15, 0.2) is 48.5 Å². The Morgan fingerprint density at radius 3 is 2.12 bits per heavy atom. The van der Waals surface area contributed by atoms with E-state index < -0.39 is 10.0 Å². The van der Waals surface area contributed by atoms with Gasteiger partial charge in [-0.05, 0) is 42.0 Å². The van der Waals surface area contributed by atoms with Crippen LogP contribution in [0.4, 0.5) is 5.69 Å². The number of rotatable bonds is 5. The van der Waals surface area contributed by atoms with Gasteiger partial charge in [0.1, 0.15) is 12.4 Å². The Kier molecular flexibility index (Phi) is 5.51. The zero-order valence-electron chi connectivity index (χ0n) is 14.1. The van der Waals surface area contributed by atoms with E-state index in [0.717, 1.165) is 17.0 Å². The first-order valence-corrected chi connectivity index (χ1v) is 10.3. The summed E-state index contributed by atoms with van der Waals surface area (Å²) in [6.07, 6.45) is 1.26. The Morgan fingerprint density at radius 1 is 0.960 bits per heavy atom. The van der Waals surface area contributed by atoms with E-state index in [1.54, 1.807) is 0 Å². The molecule has 0 aromatic heterocycles. The molecule has 0 radical (unpaired) electrons. The molecule has 2 aromatic carbocycles. The minimum absolute atomic E-state index is 0.490. The van der Waals surface area contributed by atoms with Crippen molar-refractivity contribution in [2.45, 2.75) is 6.61 Å². The maximum absolute atomic E-state index is 11.6. The molecule has 2 aromatic rings. The van der Waals surface area contributed by atoms with E-state index in [-0.39, 0.29) is 0 Å². The highest BCUT2D eigenvalue weighted by atomic mass is 35.5. The Labute approximate surface area is 153 Å². The van der Waals surface area contributed by atoms with Gasteiger partial charge in [-0.1, -0.05) is 23.7 Å². The van der Waals surface area contributed by atoms with Crippen molar-refractivity contribution in [3.05, 3.63) is 59.1 Å². The standard InChI is InChI=1S/C18H21ClN2O3S/c1-25(22,23)21-12-10-20(11-13-21)17-6-8-18(9-7-17)24-14-15-2-4-16(19)5-3-15/h2-9H,10-14H2,1H3. The van der Waals surface area contributed by atoms with Gasteiger partial charge in [0.15, 0.2) is 0 Å². The molecule has 25 heavy (non-hydrogen) atoms. The summed E-state index contributed by atoms with van der Waals surface area (Å²) in [7, 11) is -3.10. The van der Waals surface area contributed by atoms with Gasteiger partial charge in [-0.15, -0.1) is 0 Å². The molecule has 0 bridgehead atoms. The summed E-state index contributed by atoms with van der Waals surface area (Å²) in [6, 6.07) is 15.5. The number of anilines is 1. The zero-order chi connectivity index (χ0) is 17.9. The minimum Gasteiger partial charge on any atom is -0.489 e. The van der Waals surface area contributed by atoms with Crippen LogP contribution in [-0.4, -0.2) is 45.2 Å². The van der Waals surface area contributed by atoms with Crippen LogP contribution >= 0.6 is 11.6 Å². The fourth-order valence-electron chi connectivity index (χ4n) is 2.78. The van der Waals surface area contributed by atoms with Crippen molar-refractivity contribution < 1.29 is 13.2 Å². The van der Waals surface area contributed by atoms with Gasteiger partial charge >= 0.3 is 0 Å². The Bertz CT molecular complexity index is 799. The van der Waals surface area contributed by atoms with E-state index in [4.69, 9.17) is 16.3 Å². The van der Waals surface area contributed by atoms with E-state index in [1.807, 2.05) is 48.5 Å². The van der Waals surface area contributed by atoms with E-state index in [9.17, 15) is 8.42 Å². The number of nitrogens with zero attached hydrogens (tertiary/aromatic N) is 2. The molecule has 7 heteroatoms. The Morgan fingerprint density at radius 2 is 1.56 bits per heavy atom. The van der Waals surface area contributed by atoms with Crippen LogP contribution in [0, 0.1) is 0 Å². The highest BCUT2D eigenvalue weighted by Gasteiger charge is 2.23. The summed E-state index contributed by atoms with van der Waals surface area (Å²) in [5, 5.41) is 0.712. The van der Waals surface area contributed by atoms with Gasteiger partial charge in [-0.25, -0.2) is 8.42 Å². The minimum atomic E-state index is -3.10. The number of piperazine rings is 1. The SMILES string of the molecule is CS(=O)(=O)N1CCN(c2ccc(OCc3ccc(Cl)cc3)cc2)CC1. The monoisotopic (exact) mass is 380 g/mol. The van der Waals surface area contributed by atoms with Gasteiger partial charge in [0, 0.05) is 36.9 Å². The van der Waals surface area contributed by atoms with Crippen molar-refractivity contribution in [3.8, 4) is 5.75 Å². The molecule has 3 rings (SSSR count). The maximum Gasteiger partial charge on any atom is 0.211 e. The topological polar surface area (TPSA) is 49.9 Å². The van der Waals surface area contributed by atoms with E-state index in [0.29, 0.717) is 37.8 Å². The third kappa shape index (κ3) is 4.87. The van der Waals surface area contributed by atoms with Crippen LogP contribution < -0.4 is 9.64 Å². The summed E-state index contributed by atoms with van der Waals surface area (Å²) in [5.41, 5.74) is 2.14. The molecule has 5 nitrogen and oxygen atoms in total. The van der Waals surface area contributed by atoms with E-state index >= 15 is 0 Å². The zero-order valence-corrected chi connectivity index (χ0v) is 15.6. The molecule has 1 aliphatic rings. The molecule has 0 amide bonds. The molecule has 1 heterocycles. The Hall–Kier alpha value is -1.76. The molecule has 0 saturated carbocycles. The Balaban J connectivity index is 1.55. The molecule has 0 aliphatic carbocycles. The van der Waals surface area contributed by atoms with E-state index in [1.165, 1.54) is 10.6 Å². The first-order valence-electron chi connectivity index (χ1n) is 8.09. The second-order valence-electron chi connectivity index (χ2n) is 6.06. The molecule has 1 fully saturated rings. The molecule has 1 aliphatic heterocycles. The first kappa shape index (κ1) is 18.0. The predicted molar refractivity (Wildman–Crippen MR) is 101 cm³/mol. The van der Waals surface area contributed by atoms with E-state index in [2.05, 4.69) is 4.90 Å². The molecule has 0 unspecified atom stereocenters. The smallest absolute Gasteiger partial charge is 0.211 e. The molecule has 0 spiro atoms. The largest absolute Gasteiger partial charge is 0.489 e. The van der Waals surface area contributed by atoms with Gasteiger partial charge in [-0.2, -0.15) is 4.31 Å². The fourth-order valence-corrected chi connectivity index (χ4v) is 3.73. The van der Waals surface area contributed by atoms with Crippen LogP contribution in [-0.2, 0) is 16.6 Å². The van der Waals surface area contributed by atoms with Gasteiger partial charge in [-0.3, -0.25) is 0 Å². The summed E-state index contributed by atoms with van der Waals surface area (Å²) in [5.74, 6) is 0.800. The van der Waals surface area contributed by atoms with Crippen molar-refractivity contribution in [3.63, 3.8) is 0 Å². The summed E-state index contributed by atoms with van der Waals surface area (Å²) in [6.45, 7) is 2.92. The van der Waals surface area contributed by atoms with Crippen molar-refractivity contribution >= 4 is 27.3 Å². The average Bonchev–Trinajstić information content (AvgIpc) is 2.61. The molecule has 1 saturated heterocycles. The maximum atomic E-state index is 11.6. The first-order chi connectivity index (χ1) is 11.9. The number of ether oxygens (including phenoxy) is 1. The summed E-state index contributed by atoms with van der Waals surface area (Å²) >= 11 is 5.87. The van der Waals surface area contributed by atoms with Gasteiger partial charge in [0.2, 0.25) is 10.0 Å². The summed E-state index contributed by atoms with van der Waals surface area (Å²) in [4.78, 5) is 2.19. The lowest BCUT2D eigenvalue weighted by Crippen LogP contribution is -2.48. The molecular weight excluding hydrogens is 360 g/mol. The van der Waals surface area contributed by atoms with Crippen molar-refractivity contribution in [2.24, 2.45) is 0 Å². The third-order valence-electron chi connectivity index (χ3n) is 4.23. The lowest BCUT2D eigenvalue weighted by atomic mass is 10.2. The van der Waals surface area contributed by atoms with Crippen LogP contribution in [0.25, 0.3) is 0 Å². The second kappa shape index (κ2) is 7.64. The lowest BCUT2D eigenvalue weighted by Gasteiger charge is -2.34. The quantitative estimate of drug-likeness (QED) is 0.800. The molecule has 134 valence electrons. The number of hydrogen-bond acceptors (Lipinski definition) is 4. The number of halogens is 1. The average molecular weight is 381 g/mol. The molecular formula is C18H21ClN2O3S. The highest BCUT2D eigenvalue weighted by molar-refractivity contribution is 7.88. The van der Waals surface area contributed by atoms with Crippen molar-refractivity contribution in [2.75, 3.05) is 37.3 Å². The van der Waals surface area contributed by atoms with Gasteiger partial charge in [0.25, 0.3) is 0 Å². The van der Waals surface area contributed by atoms with Crippen LogP contribution in [0.5, 0.6) is 5.75 Å². The van der Waals surface area contributed by atoms with Gasteiger partial charge < -0.3 is 9.64 Å². The van der Waals surface area contributed by atoms with Crippen molar-refractivity contribution in [1.82, 2.24) is 4.31 Å². The fraction of sp³-hybridized carbons (Fsp3) is 0.333. The second-order valence-corrected chi connectivity index (χ2v) is 8.48. The number of benzene rings is 2. The molecule has 0 atom stereocenters. The highest BCUT2D eigenvalue weighted by Crippen LogP contribution is 2.22. The predicted octanol–water partition coefficient (Wildman–Crippen LogP) is 3.00. The van der Waals surface area contributed by atoms with Crippen LogP contribution in [0.1, 0.15) is 5.56 Å². The molecule has 0 N–H and O–H groups in total. The lowest BCUT2D eigenvalue weighted by molar-refractivity contribution is 0.306. The summed E-state index contributed by atoms with van der Waals surface area (Å²) < 4.78 is 30.4. The third-order valence-corrected chi connectivity index (χ3v) is 5.78.